The van der Waals surface area contributed by atoms with Crippen molar-refractivity contribution in [3.8, 4) is 5.75 Å². The number of halogens is 1. The van der Waals surface area contributed by atoms with E-state index in [0.29, 0.717) is 24.7 Å². The van der Waals surface area contributed by atoms with E-state index in [1.54, 1.807) is 17.0 Å². The van der Waals surface area contributed by atoms with Crippen molar-refractivity contribution in [2.45, 2.75) is 31.7 Å². The number of carbonyl (C=O) groups is 1. The lowest BCUT2D eigenvalue weighted by atomic mass is 9.99. The van der Waals surface area contributed by atoms with Crippen LogP contribution < -0.4 is 0 Å². The molecule has 4 rings (SSSR count). The fraction of sp³-hybridized carbons (Fsp3) is 0.400. The zero-order valence-corrected chi connectivity index (χ0v) is 13.4. The molecule has 0 spiro atoms. The van der Waals surface area contributed by atoms with E-state index in [1.165, 1.54) is 0 Å². The Labute approximate surface area is 135 Å². The largest absolute Gasteiger partial charge is 0.508 e. The molecule has 2 N–H and O–H groups in total. The van der Waals surface area contributed by atoms with Gasteiger partial charge in [0.05, 0.1) is 5.69 Å². The number of rotatable bonds is 2. The van der Waals surface area contributed by atoms with Crippen LogP contribution in [0.4, 0.5) is 0 Å². The van der Waals surface area contributed by atoms with Crippen molar-refractivity contribution < 1.29 is 9.90 Å². The minimum Gasteiger partial charge on any atom is -0.508 e. The molecule has 0 atom stereocenters. The van der Waals surface area contributed by atoms with E-state index in [1.807, 2.05) is 0 Å². The maximum absolute atomic E-state index is 12.7. The van der Waals surface area contributed by atoms with Crippen LogP contribution in [0.15, 0.2) is 16.6 Å². The number of benzene rings is 1. The Morgan fingerprint density at radius 2 is 2.18 bits per heavy atom. The fourth-order valence-electron chi connectivity index (χ4n) is 2.96. The van der Waals surface area contributed by atoms with E-state index in [2.05, 4.69) is 31.3 Å². The summed E-state index contributed by atoms with van der Waals surface area (Å²) in [6.45, 7) is 1.14. The smallest absolute Gasteiger partial charge is 0.276 e. The van der Waals surface area contributed by atoms with Crippen molar-refractivity contribution in [1.29, 1.82) is 0 Å². The second-order valence-corrected chi connectivity index (χ2v) is 6.73. The van der Waals surface area contributed by atoms with Crippen molar-refractivity contribution in [1.82, 2.24) is 20.3 Å². The summed E-state index contributed by atoms with van der Waals surface area (Å²) >= 11 is 3.47. The van der Waals surface area contributed by atoms with Crippen LogP contribution in [0, 0.1) is 0 Å². The molecule has 1 aromatic heterocycles. The van der Waals surface area contributed by atoms with E-state index in [-0.39, 0.29) is 11.7 Å². The third-order valence-electron chi connectivity index (χ3n) is 4.30. The highest BCUT2D eigenvalue weighted by molar-refractivity contribution is 9.10. The molecule has 1 saturated carbocycles. The standard InChI is InChI=1S/C15H15BrN4O2/c16-12-6-10(21)5-9-3-4-20(7-11(9)12)15(22)14-13(8-1-2-8)17-19-18-14/h5-6,8,21H,1-4,7H2,(H,17,18,19). The molecule has 7 heteroatoms. The van der Waals surface area contributed by atoms with Crippen LogP contribution in [0.1, 0.15) is 46.1 Å². The second-order valence-electron chi connectivity index (χ2n) is 5.87. The average Bonchev–Trinajstić information content (AvgIpc) is 3.23. The van der Waals surface area contributed by atoms with Crippen molar-refractivity contribution in [3.63, 3.8) is 0 Å². The van der Waals surface area contributed by atoms with Gasteiger partial charge in [-0.15, -0.1) is 0 Å². The van der Waals surface area contributed by atoms with Crippen molar-refractivity contribution in [2.24, 2.45) is 0 Å². The zero-order chi connectivity index (χ0) is 15.3. The topological polar surface area (TPSA) is 82.1 Å². The third kappa shape index (κ3) is 2.29. The zero-order valence-electron chi connectivity index (χ0n) is 11.8. The summed E-state index contributed by atoms with van der Waals surface area (Å²) in [6, 6.07) is 3.44. The number of amides is 1. The first-order valence-corrected chi connectivity index (χ1v) is 8.13. The fourth-order valence-corrected chi connectivity index (χ4v) is 3.58. The van der Waals surface area contributed by atoms with Gasteiger partial charge in [-0.25, -0.2) is 0 Å². The van der Waals surface area contributed by atoms with E-state index < -0.39 is 0 Å². The molecule has 0 bridgehead atoms. The van der Waals surface area contributed by atoms with Crippen LogP contribution in [-0.4, -0.2) is 37.9 Å². The Kier molecular flexibility index (Phi) is 3.18. The summed E-state index contributed by atoms with van der Waals surface area (Å²) in [4.78, 5) is 14.5. The molecule has 2 aliphatic rings. The lowest BCUT2D eigenvalue weighted by molar-refractivity contribution is 0.0727. The summed E-state index contributed by atoms with van der Waals surface area (Å²) in [5.41, 5.74) is 3.40. The molecule has 1 aliphatic carbocycles. The molecule has 1 fully saturated rings. The van der Waals surface area contributed by atoms with Crippen molar-refractivity contribution >= 4 is 21.8 Å². The highest BCUT2D eigenvalue weighted by Gasteiger charge is 2.34. The van der Waals surface area contributed by atoms with Crippen molar-refractivity contribution in [2.75, 3.05) is 6.54 Å². The number of aromatic nitrogens is 3. The summed E-state index contributed by atoms with van der Waals surface area (Å²) in [6.07, 6.45) is 2.89. The van der Waals surface area contributed by atoms with Crippen LogP contribution >= 0.6 is 15.9 Å². The van der Waals surface area contributed by atoms with E-state index in [9.17, 15) is 9.90 Å². The highest BCUT2D eigenvalue weighted by atomic mass is 79.9. The highest BCUT2D eigenvalue weighted by Crippen LogP contribution is 2.40. The Morgan fingerprint density at radius 3 is 2.95 bits per heavy atom. The maximum Gasteiger partial charge on any atom is 0.276 e. The van der Waals surface area contributed by atoms with Gasteiger partial charge in [-0.1, -0.05) is 15.9 Å². The van der Waals surface area contributed by atoms with Gasteiger partial charge < -0.3 is 10.0 Å². The monoisotopic (exact) mass is 362 g/mol. The number of H-pyrrole nitrogens is 1. The Hall–Kier alpha value is -1.89. The number of fused-ring (bicyclic) bond motifs is 1. The Bertz CT molecular complexity index is 754. The Balaban J connectivity index is 1.61. The summed E-state index contributed by atoms with van der Waals surface area (Å²) in [7, 11) is 0. The number of nitrogens with zero attached hydrogens (tertiary/aromatic N) is 3. The molecule has 114 valence electrons. The number of carbonyl (C=O) groups excluding carboxylic acids is 1. The van der Waals surface area contributed by atoms with Gasteiger partial charge in [0, 0.05) is 23.5 Å². The SMILES string of the molecule is O=C(c1n[nH]nc1C1CC1)N1CCc2cc(O)cc(Br)c2C1. The quantitative estimate of drug-likeness (QED) is 0.858. The number of phenolic OH excluding ortho intramolecular Hbond substituents is 1. The molecular weight excluding hydrogens is 348 g/mol. The minimum atomic E-state index is -0.0683. The van der Waals surface area contributed by atoms with Gasteiger partial charge in [-0.05, 0) is 42.5 Å². The van der Waals surface area contributed by atoms with E-state index in [0.717, 1.165) is 40.6 Å². The van der Waals surface area contributed by atoms with Crippen LogP contribution in [0.5, 0.6) is 5.75 Å². The molecule has 6 nitrogen and oxygen atoms in total. The predicted octanol–water partition coefficient (Wildman–Crippen LogP) is 2.35. The van der Waals surface area contributed by atoms with E-state index in [4.69, 9.17) is 0 Å². The molecule has 22 heavy (non-hydrogen) atoms. The minimum absolute atomic E-state index is 0.0683. The molecule has 2 heterocycles. The van der Waals surface area contributed by atoms with Crippen LogP contribution in [0.3, 0.4) is 0 Å². The number of hydrogen-bond donors (Lipinski definition) is 2. The maximum atomic E-state index is 12.7. The lowest BCUT2D eigenvalue weighted by Crippen LogP contribution is -2.36. The molecule has 0 radical (unpaired) electrons. The lowest BCUT2D eigenvalue weighted by Gasteiger charge is -2.29. The number of phenols is 1. The first kappa shape index (κ1) is 13.8. The summed E-state index contributed by atoms with van der Waals surface area (Å²) in [5, 5.41) is 20.5. The molecule has 1 aliphatic heterocycles. The van der Waals surface area contributed by atoms with Crippen LogP contribution in [-0.2, 0) is 13.0 Å². The van der Waals surface area contributed by atoms with Crippen molar-refractivity contribution in [3.05, 3.63) is 39.1 Å². The number of hydrogen-bond acceptors (Lipinski definition) is 4. The van der Waals surface area contributed by atoms with Gasteiger partial charge >= 0.3 is 0 Å². The molecule has 0 saturated heterocycles. The van der Waals surface area contributed by atoms with E-state index >= 15 is 0 Å². The number of nitrogens with one attached hydrogen (secondary N) is 1. The molecule has 1 amide bonds. The van der Waals surface area contributed by atoms with Gasteiger partial charge in [-0.2, -0.15) is 15.4 Å². The Morgan fingerprint density at radius 1 is 1.36 bits per heavy atom. The first-order valence-electron chi connectivity index (χ1n) is 7.33. The van der Waals surface area contributed by atoms with Gasteiger partial charge in [0.15, 0.2) is 5.69 Å². The average molecular weight is 363 g/mol. The predicted molar refractivity (Wildman–Crippen MR) is 82.6 cm³/mol. The summed E-state index contributed by atoms with van der Waals surface area (Å²) < 4.78 is 0.836. The second kappa shape index (κ2) is 5.08. The summed E-state index contributed by atoms with van der Waals surface area (Å²) in [5.74, 6) is 0.567. The van der Waals surface area contributed by atoms with Crippen LogP contribution in [0.2, 0.25) is 0 Å². The molecular formula is C15H15BrN4O2. The number of aromatic hydroxyl groups is 1. The van der Waals surface area contributed by atoms with Gasteiger partial charge in [-0.3, -0.25) is 4.79 Å². The van der Waals surface area contributed by atoms with Gasteiger partial charge in [0.25, 0.3) is 5.91 Å². The first-order chi connectivity index (χ1) is 10.6. The van der Waals surface area contributed by atoms with Crippen LogP contribution in [0.25, 0.3) is 0 Å². The van der Waals surface area contributed by atoms with Gasteiger partial charge in [0.2, 0.25) is 0 Å². The third-order valence-corrected chi connectivity index (χ3v) is 5.01. The molecule has 2 aromatic rings. The molecule has 1 aromatic carbocycles. The normalized spacial score (nSPS) is 17.4. The molecule has 0 unspecified atom stereocenters. The van der Waals surface area contributed by atoms with Gasteiger partial charge in [0.1, 0.15) is 5.75 Å². The number of aromatic amines is 1.